The molecule has 0 aromatic rings. The van der Waals surface area contributed by atoms with Gasteiger partial charge in [0.2, 0.25) is 0 Å². The lowest BCUT2D eigenvalue weighted by molar-refractivity contribution is -0.249. The van der Waals surface area contributed by atoms with Gasteiger partial charge in [-0.1, -0.05) is 6.92 Å². The Morgan fingerprint density at radius 3 is 2.17 bits per heavy atom. The largest absolute Gasteiger partial charge is 0.466 e. The highest BCUT2D eigenvalue weighted by molar-refractivity contribution is 5.81. The summed E-state index contributed by atoms with van der Waals surface area (Å²) in [4.78, 5) is 51.0. The van der Waals surface area contributed by atoms with Crippen LogP contribution < -0.4 is 0 Å². The van der Waals surface area contributed by atoms with E-state index in [1.807, 2.05) is 6.92 Å². The van der Waals surface area contributed by atoms with Crippen molar-refractivity contribution in [3.05, 3.63) is 0 Å². The van der Waals surface area contributed by atoms with Gasteiger partial charge in [0.05, 0.1) is 19.1 Å². The number of hydrogen-bond donors (Lipinski definition) is 0. The molecule has 0 aromatic heterocycles. The van der Waals surface area contributed by atoms with Crippen molar-refractivity contribution >= 4 is 23.9 Å². The number of esters is 4. The smallest absolute Gasteiger partial charge is 0.316 e. The fourth-order valence-electron chi connectivity index (χ4n) is 8.94. The Labute approximate surface area is 214 Å². The van der Waals surface area contributed by atoms with Crippen LogP contribution in [0.15, 0.2) is 0 Å². The van der Waals surface area contributed by atoms with Crippen LogP contribution in [0.2, 0.25) is 0 Å². The zero-order chi connectivity index (χ0) is 26.3. The van der Waals surface area contributed by atoms with Gasteiger partial charge in [-0.3, -0.25) is 19.2 Å². The molecular formula is C28H42O8. The molecule has 8 heteroatoms. The second-order valence-corrected chi connectivity index (χ2v) is 11.6. The Kier molecular flexibility index (Phi) is 7.46. The molecule has 0 radical (unpaired) electrons. The SMILES string of the molecule is CCOC(=O)[C@@H]1CC[C@@H]2[C@@H]3CC[C@]4(OC(C)=O)C[C@H](OC(C)=O)CC[C@]4(C(=O)OCC)[C@H]3CC[C@@]21C. The molecule has 0 aliphatic heterocycles. The van der Waals surface area contributed by atoms with Gasteiger partial charge in [-0.15, -0.1) is 0 Å². The third-order valence-electron chi connectivity index (χ3n) is 10.1. The molecule has 0 amide bonds. The van der Waals surface area contributed by atoms with Crippen LogP contribution >= 0.6 is 0 Å². The molecule has 8 atom stereocenters. The van der Waals surface area contributed by atoms with E-state index in [9.17, 15) is 19.2 Å². The number of ether oxygens (including phenoxy) is 4. The van der Waals surface area contributed by atoms with E-state index in [-0.39, 0.29) is 47.7 Å². The molecule has 0 bridgehead atoms. The molecule has 4 aliphatic rings. The van der Waals surface area contributed by atoms with Crippen molar-refractivity contribution < 1.29 is 38.1 Å². The average molecular weight is 507 g/mol. The van der Waals surface area contributed by atoms with Gasteiger partial charge in [-0.05, 0) is 88.4 Å². The lowest BCUT2D eigenvalue weighted by Gasteiger charge is -2.63. The fourth-order valence-corrected chi connectivity index (χ4v) is 8.94. The van der Waals surface area contributed by atoms with Crippen LogP contribution in [0.3, 0.4) is 0 Å². The fraction of sp³-hybridized carbons (Fsp3) is 0.857. The normalized spacial score (nSPS) is 41.2. The van der Waals surface area contributed by atoms with Gasteiger partial charge in [0.15, 0.2) is 0 Å². The Hall–Kier alpha value is -2.12. The van der Waals surface area contributed by atoms with Gasteiger partial charge in [-0.2, -0.15) is 0 Å². The van der Waals surface area contributed by atoms with Crippen molar-refractivity contribution in [2.24, 2.45) is 34.5 Å². The monoisotopic (exact) mass is 506 g/mol. The van der Waals surface area contributed by atoms with Crippen molar-refractivity contribution in [1.82, 2.24) is 0 Å². The number of fused-ring (bicyclic) bond motifs is 5. The third-order valence-corrected chi connectivity index (χ3v) is 10.1. The molecule has 4 fully saturated rings. The highest BCUT2D eigenvalue weighted by Gasteiger charge is 2.72. The number of carbonyl (C=O) groups is 4. The van der Waals surface area contributed by atoms with Crippen LogP contribution in [-0.2, 0) is 38.1 Å². The van der Waals surface area contributed by atoms with E-state index in [0.29, 0.717) is 38.2 Å². The summed E-state index contributed by atoms with van der Waals surface area (Å²) in [6.07, 6.45) is 5.48. The molecule has 0 unspecified atom stereocenters. The Balaban J connectivity index is 1.74. The van der Waals surface area contributed by atoms with Gasteiger partial charge < -0.3 is 18.9 Å². The van der Waals surface area contributed by atoms with E-state index in [2.05, 4.69) is 6.92 Å². The summed E-state index contributed by atoms with van der Waals surface area (Å²) in [5, 5.41) is 0. The van der Waals surface area contributed by atoms with Crippen LogP contribution in [0.4, 0.5) is 0 Å². The summed E-state index contributed by atoms with van der Waals surface area (Å²) in [5.74, 6) is -0.850. The zero-order valence-corrected chi connectivity index (χ0v) is 22.4. The van der Waals surface area contributed by atoms with Crippen LogP contribution in [0.25, 0.3) is 0 Å². The second-order valence-electron chi connectivity index (χ2n) is 11.6. The summed E-state index contributed by atoms with van der Waals surface area (Å²) in [6.45, 7) is 9.25. The van der Waals surface area contributed by atoms with Crippen molar-refractivity contribution in [1.29, 1.82) is 0 Å². The summed E-state index contributed by atoms with van der Waals surface area (Å²) in [6, 6.07) is 0. The molecule has 202 valence electrons. The predicted molar refractivity (Wildman–Crippen MR) is 129 cm³/mol. The standard InChI is InChI=1S/C28H42O8/c1-6-33-24(31)23-9-8-21-20-11-14-27(36-18(4)30)16-19(35-17(3)29)10-15-28(27,25(32)34-7-2)22(20)12-13-26(21,23)5/h19-23H,6-16H2,1-5H3/t19-,20+,21-,22+,23+,26+,27+,28-/m1/s1. The third kappa shape index (κ3) is 4.12. The van der Waals surface area contributed by atoms with Crippen molar-refractivity contribution in [3.63, 3.8) is 0 Å². The van der Waals surface area contributed by atoms with Gasteiger partial charge >= 0.3 is 23.9 Å². The molecule has 0 spiro atoms. The zero-order valence-electron chi connectivity index (χ0n) is 22.4. The summed E-state index contributed by atoms with van der Waals surface area (Å²) in [5.41, 5.74) is -2.23. The minimum absolute atomic E-state index is 0.0260. The first-order valence-corrected chi connectivity index (χ1v) is 13.7. The quantitative estimate of drug-likeness (QED) is 0.386. The second kappa shape index (κ2) is 9.97. The lowest BCUT2D eigenvalue weighted by Crippen LogP contribution is -2.69. The maximum Gasteiger partial charge on any atom is 0.316 e. The van der Waals surface area contributed by atoms with Gasteiger partial charge in [-0.25, -0.2) is 0 Å². The molecule has 4 saturated carbocycles. The molecule has 0 N–H and O–H groups in total. The molecule has 0 heterocycles. The number of carbonyl (C=O) groups excluding carboxylic acids is 4. The van der Waals surface area contributed by atoms with Crippen LogP contribution in [0, 0.1) is 34.5 Å². The minimum Gasteiger partial charge on any atom is -0.466 e. The van der Waals surface area contributed by atoms with Crippen molar-refractivity contribution in [2.75, 3.05) is 13.2 Å². The summed E-state index contributed by atoms with van der Waals surface area (Å²) < 4.78 is 22.9. The first-order valence-electron chi connectivity index (χ1n) is 13.7. The number of hydrogen-bond acceptors (Lipinski definition) is 8. The lowest BCUT2D eigenvalue weighted by atomic mass is 9.42. The summed E-state index contributed by atoms with van der Waals surface area (Å²) >= 11 is 0. The van der Waals surface area contributed by atoms with Gasteiger partial charge in [0.1, 0.15) is 17.1 Å². The molecule has 4 rings (SSSR count). The molecule has 8 nitrogen and oxygen atoms in total. The van der Waals surface area contributed by atoms with E-state index in [1.165, 1.54) is 13.8 Å². The topological polar surface area (TPSA) is 105 Å². The Morgan fingerprint density at radius 2 is 1.53 bits per heavy atom. The van der Waals surface area contributed by atoms with Gasteiger partial charge in [0, 0.05) is 20.3 Å². The first kappa shape index (κ1) is 26.9. The average Bonchev–Trinajstić information content (AvgIpc) is 3.15. The molecule has 36 heavy (non-hydrogen) atoms. The van der Waals surface area contributed by atoms with E-state index in [4.69, 9.17) is 18.9 Å². The molecule has 0 saturated heterocycles. The molecule has 4 aliphatic carbocycles. The minimum atomic E-state index is -1.07. The van der Waals surface area contributed by atoms with Crippen LogP contribution in [-0.4, -0.2) is 48.8 Å². The van der Waals surface area contributed by atoms with E-state index >= 15 is 0 Å². The van der Waals surface area contributed by atoms with Crippen molar-refractivity contribution in [3.8, 4) is 0 Å². The van der Waals surface area contributed by atoms with E-state index in [0.717, 1.165) is 32.1 Å². The first-order chi connectivity index (χ1) is 17.0. The predicted octanol–water partition coefficient (Wildman–Crippen LogP) is 4.37. The number of rotatable bonds is 6. The van der Waals surface area contributed by atoms with Crippen LogP contribution in [0.1, 0.15) is 92.4 Å². The van der Waals surface area contributed by atoms with Crippen molar-refractivity contribution in [2.45, 2.75) is 104 Å². The Bertz CT molecular complexity index is 900. The maximum atomic E-state index is 14.0. The van der Waals surface area contributed by atoms with Gasteiger partial charge in [0.25, 0.3) is 0 Å². The van der Waals surface area contributed by atoms with E-state index in [1.54, 1.807) is 6.92 Å². The van der Waals surface area contributed by atoms with E-state index < -0.39 is 23.1 Å². The highest BCUT2D eigenvalue weighted by atomic mass is 16.6. The highest BCUT2D eigenvalue weighted by Crippen LogP contribution is 2.69. The summed E-state index contributed by atoms with van der Waals surface area (Å²) in [7, 11) is 0. The maximum absolute atomic E-state index is 14.0. The Morgan fingerprint density at radius 1 is 0.806 bits per heavy atom. The molecule has 0 aromatic carbocycles. The molecular weight excluding hydrogens is 464 g/mol. The van der Waals surface area contributed by atoms with Crippen LogP contribution in [0.5, 0.6) is 0 Å².